The van der Waals surface area contributed by atoms with Crippen molar-refractivity contribution in [3.05, 3.63) is 34.3 Å². The summed E-state index contributed by atoms with van der Waals surface area (Å²) in [5, 5.41) is 0. The van der Waals surface area contributed by atoms with Crippen molar-refractivity contribution >= 4 is 21.9 Å². The SMILES string of the molecule is COC(=O)CCN(C)Cc1cccc(Br)c1. The lowest BCUT2D eigenvalue weighted by Gasteiger charge is -2.15. The fourth-order valence-electron chi connectivity index (χ4n) is 1.41. The summed E-state index contributed by atoms with van der Waals surface area (Å²) in [6.07, 6.45) is 0.432. The summed E-state index contributed by atoms with van der Waals surface area (Å²) in [6.45, 7) is 1.54. The Kier molecular flexibility index (Phi) is 5.49. The summed E-state index contributed by atoms with van der Waals surface area (Å²) >= 11 is 3.43. The predicted molar refractivity (Wildman–Crippen MR) is 67.1 cm³/mol. The van der Waals surface area contributed by atoms with E-state index in [2.05, 4.69) is 37.7 Å². The van der Waals surface area contributed by atoms with Gasteiger partial charge in [-0.25, -0.2) is 0 Å². The molecule has 4 heteroatoms. The molecular formula is C12H16BrNO2. The summed E-state index contributed by atoms with van der Waals surface area (Å²) in [5.41, 5.74) is 1.22. The van der Waals surface area contributed by atoms with Crippen LogP contribution in [0.2, 0.25) is 0 Å². The molecule has 0 aliphatic carbocycles. The molecule has 0 amide bonds. The summed E-state index contributed by atoms with van der Waals surface area (Å²) in [5.74, 6) is -0.166. The molecule has 0 unspecified atom stereocenters. The summed E-state index contributed by atoms with van der Waals surface area (Å²) in [6, 6.07) is 8.15. The number of hydrogen-bond donors (Lipinski definition) is 0. The molecule has 1 aromatic carbocycles. The van der Waals surface area contributed by atoms with Crippen molar-refractivity contribution in [2.75, 3.05) is 20.7 Å². The van der Waals surface area contributed by atoms with Gasteiger partial charge in [0.2, 0.25) is 0 Å². The van der Waals surface area contributed by atoms with Crippen molar-refractivity contribution in [1.29, 1.82) is 0 Å². The average Bonchev–Trinajstić information content (AvgIpc) is 2.26. The van der Waals surface area contributed by atoms with Crippen molar-refractivity contribution in [2.45, 2.75) is 13.0 Å². The van der Waals surface area contributed by atoms with Crippen LogP contribution in [0.25, 0.3) is 0 Å². The van der Waals surface area contributed by atoms with E-state index in [1.807, 2.05) is 19.2 Å². The molecule has 88 valence electrons. The van der Waals surface area contributed by atoms with E-state index in [1.165, 1.54) is 12.7 Å². The summed E-state index contributed by atoms with van der Waals surface area (Å²) in [7, 11) is 3.40. The third-order valence-electron chi connectivity index (χ3n) is 2.27. The lowest BCUT2D eigenvalue weighted by atomic mass is 10.2. The van der Waals surface area contributed by atoms with E-state index in [9.17, 15) is 4.79 Å². The number of hydrogen-bond acceptors (Lipinski definition) is 3. The Hall–Kier alpha value is -0.870. The van der Waals surface area contributed by atoms with Gasteiger partial charge in [-0.3, -0.25) is 4.79 Å². The molecule has 0 radical (unpaired) electrons. The van der Waals surface area contributed by atoms with Crippen LogP contribution in [0.4, 0.5) is 0 Å². The molecule has 0 bridgehead atoms. The maximum Gasteiger partial charge on any atom is 0.306 e. The number of nitrogens with zero attached hydrogens (tertiary/aromatic N) is 1. The molecule has 0 aromatic heterocycles. The molecule has 0 saturated heterocycles. The molecule has 0 aliphatic rings. The molecule has 0 spiro atoms. The molecule has 3 nitrogen and oxygen atoms in total. The van der Waals surface area contributed by atoms with E-state index in [-0.39, 0.29) is 5.97 Å². The van der Waals surface area contributed by atoms with Gasteiger partial charge in [-0.1, -0.05) is 28.1 Å². The van der Waals surface area contributed by atoms with Crippen LogP contribution in [0.15, 0.2) is 28.7 Å². The van der Waals surface area contributed by atoms with Gasteiger partial charge in [0.05, 0.1) is 13.5 Å². The normalized spacial score (nSPS) is 10.5. The molecule has 1 rings (SSSR count). The molecular weight excluding hydrogens is 270 g/mol. The largest absolute Gasteiger partial charge is 0.469 e. The maximum atomic E-state index is 11.0. The van der Waals surface area contributed by atoms with E-state index in [0.717, 1.165) is 11.0 Å². The number of benzene rings is 1. The minimum Gasteiger partial charge on any atom is -0.469 e. The average molecular weight is 286 g/mol. The van der Waals surface area contributed by atoms with E-state index in [1.54, 1.807) is 0 Å². The lowest BCUT2D eigenvalue weighted by Crippen LogP contribution is -2.21. The van der Waals surface area contributed by atoms with Crippen molar-refractivity contribution in [3.8, 4) is 0 Å². The third-order valence-corrected chi connectivity index (χ3v) is 2.76. The number of esters is 1. The second-order valence-corrected chi connectivity index (χ2v) is 4.61. The Bertz CT molecular complexity index is 355. The topological polar surface area (TPSA) is 29.5 Å². The van der Waals surface area contributed by atoms with Crippen LogP contribution in [0.3, 0.4) is 0 Å². The second kappa shape index (κ2) is 6.66. The summed E-state index contributed by atoms with van der Waals surface area (Å²) < 4.78 is 5.67. The Morgan fingerprint density at radius 1 is 1.50 bits per heavy atom. The quantitative estimate of drug-likeness (QED) is 0.779. The highest BCUT2D eigenvalue weighted by Gasteiger charge is 2.04. The van der Waals surface area contributed by atoms with Gasteiger partial charge in [-0.05, 0) is 24.7 Å². The Balaban J connectivity index is 2.39. The first-order valence-corrected chi connectivity index (χ1v) is 5.91. The van der Waals surface area contributed by atoms with Gasteiger partial charge in [0, 0.05) is 17.6 Å². The number of methoxy groups -OCH3 is 1. The first-order valence-electron chi connectivity index (χ1n) is 5.11. The van der Waals surface area contributed by atoms with Crippen LogP contribution < -0.4 is 0 Å². The number of carbonyl (C=O) groups is 1. The molecule has 0 atom stereocenters. The van der Waals surface area contributed by atoms with Gasteiger partial charge >= 0.3 is 5.97 Å². The van der Waals surface area contributed by atoms with E-state index in [0.29, 0.717) is 13.0 Å². The van der Waals surface area contributed by atoms with Crippen molar-refractivity contribution in [1.82, 2.24) is 4.90 Å². The monoisotopic (exact) mass is 285 g/mol. The van der Waals surface area contributed by atoms with Crippen molar-refractivity contribution < 1.29 is 9.53 Å². The molecule has 0 fully saturated rings. The van der Waals surface area contributed by atoms with Crippen molar-refractivity contribution in [3.63, 3.8) is 0 Å². The number of ether oxygens (including phenoxy) is 1. The molecule has 0 saturated carbocycles. The smallest absolute Gasteiger partial charge is 0.306 e. The first kappa shape index (κ1) is 13.2. The van der Waals surface area contributed by atoms with Crippen LogP contribution in [0.5, 0.6) is 0 Å². The van der Waals surface area contributed by atoms with E-state index >= 15 is 0 Å². The second-order valence-electron chi connectivity index (χ2n) is 3.69. The van der Waals surface area contributed by atoms with Gasteiger partial charge in [-0.2, -0.15) is 0 Å². The van der Waals surface area contributed by atoms with Crippen LogP contribution >= 0.6 is 15.9 Å². The molecule has 0 heterocycles. The summed E-state index contributed by atoms with van der Waals surface area (Å²) in [4.78, 5) is 13.1. The van der Waals surface area contributed by atoms with Gasteiger partial charge in [0.15, 0.2) is 0 Å². The highest BCUT2D eigenvalue weighted by molar-refractivity contribution is 9.10. The lowest BCUT2D eigenvalue weighted by molar-refractivity contribution is -0.140. The highest BCUT2D eigenvalue weighted by Crippen LogP contribution is 2.12. The minimum atomic E-state index is -0.166. The zero-order valence-corrected chi connectivity index (χ0v) is 11.2. The number of halogens is 1. The number of carbonyl (C=O) groups excluding carboxylic acids is 1. The standard InChI is InChI=1S/C12H16BrNO2/c1-14(7-6-12(15)16-2)9-10-4-3-5-11(13)8-10/h3-5,8H,6-7,9H2,1-2H3. The highest BCUT2D eigenvalue weighted by atomic mass is 79.9. The zero-order valence-electron chi connectivity index (χ0n) is 9.57. The van der Waals surface area contributed by atoms with Gasteiger partial charge in [0.25, 0.3) is 0 Å². The Morgan fingerprint density at radius 2 is 2.25 bits per heavy atom. The maximum absolute atomic E-state index is 11.0. The molecule has 0 N–H and O–H groups in total. The van der Waals surface area contributed by atoms with Crippen LogP contribution in [0.1, 0.15) is 12.0 Å². The van der Waals surface area contributed by atoms with Crippen LogP contribution in [-0.4, -0.2) is 31.6 Å². The zero-order chi connectivity index (χ0) is 12.0. The number of rotatable bonds is 5. The van der Waals surface area contributed by atoms with Crippen LogP contribution in [-0.2, 0) is 16.1 Å². The van der Waals surface area contributed by atoms with E-state index < -0.39 is 0 Å². The van der Waals surface area contributed by atoms with Gasteiger partial charge in [0.1, 0.15) is 0 Å². The minimum absolute atomic E-state index is 0.166. The fourth-order valence-corrected chi connectivity index (χ4v) is 1.86. The molecule has 1 aromatic rings. The van der Waals surface area contributed by atoms with E-state index in [4.69, 9.17) is 0 Å². The Morgan fingerprint density at radius 3 is 2.88 bits per heavy atom. The Labute approximate surface area is 105 Å². The van der Waals surface area contributed by atoms with Crippen molar-refractivity contribution in [2.24, 2.45) is 0 Å². The van der Waals surface area contributed by atoms with Gasteiger partial charge < -0.3 is 9.64 Å². The molecule has 16 heavy (non-hydrogen) atoms. The van der Waals surface area contributed by atoms with Gasteiger partial charge in [-0.15, -0.1) is 0 Å². The first-order chi connectivity index (χ1) is 7.61. The third kappa shape index (κ3) is 4.77. The van der Waals surface area contributed by atoms with Crippen LogP contribution in [0, 0.1) is 0 Å². The predicted octanol–water partition coefficient (Wildman–Crippen LogP) is 2.44. The fraction of sp³-hybridized carbons (Fsp3) is 0.417. The molecule has 0 aliphatic heterocycles.